The molecular weight excluding hydrogens is 403 g/mol. The Bertz CT molecular complexity index is 1180. The number of hydrogen-bond acceptors (Lipinski definition) is 4. The molecule has 29 heavy (non-hydrogen) atoms. The third-order valence-corrected chi connectivity index (χ3v) is 5.33. The van der Waals surface area contributed by atoms with Crippen LogP contribution < -0.4 is 5.56 Å². The van der Waals surface area contributed by atoms with Crippen molar-refractivity contribution in [2.75, 3.05) is 6.61 Å². The van der Waals surface area contributed by atoms with Crippen LogP contribution in [0.15, 0.2) is 35.1 Å². The van der Waals surface area contributed by atoms with Crippen LogP contribution in [-0.4, -0.2) is 27.2 Å². The van der Waals surface area contributed by atoms with Gasteiger partial charge in [-0.1, -0.05) is 29.8 Å². The van der Waals surface area contributed by atoms with Crippen LogP contribution >= 0.6 is 12.2 Å². The molecule has 0 unspecified atom stereocenters. The van der Waals surface area contributed by atoms with Crippen LogP contribution in [0.2, 0.25) is 0 Å². The van der Waals surface area contributed by atoms with Gasteiger partial charge in [-0.3, -0.25) is 14.3 Å². The number of rotatable bonds is 3. The number of halogens is 3. The predicted molar refractivity (Wildman–Crippen MR) is 105 cm³/mol. The summed E-state index contributed by atoms with van der Waals surface area (Å²) in [4.78, 5) is 19.2. The van der Waals surface area contributed by atoms with E-state index in [1.165, 1.54) is 4.57 Å². The molecule has 0 aliphatic carbocycles. The van der Waals surface area contributed by atoms with E-state index in [4.69, 9.17) is 17.0 Å². The van der Waals surface area contributed by atoms with Gasteiger partial charge in [0.05, 0.1) is 29.3 Å². The van der Waals surface area contributed by atoms with Gasteiger partial charge in [-0.25, -0.2) is 4.98 Å². The predicted octanol–water partition coefficient (Wildman–Crippen LogP) is 4.63. The van der Waals surface area contributed by atoms with Gasteiger partial charge in [0.25, 0.3) is 5.56 Å². The first kappa shape index (κ1) is 19.8. The number of fused-ring (bicyclic) bond motifs is 1. The third-order valence-electron chi connectivity index (χ3n) is 5.01. The molecule has 0 saturated carbocycles. The molecule has 0 spiro atoms. The fourth-order valence-corrected chi connectivity index (χ4v) is 3.78. The number of ether oxygens (including phenoxy) is 1. The second-order valence-corrected chi connectivity index (χ2v) is 7.51. The minimum absolute atomic E-state index is 0.0275. The third kappa shape index (κ3) is 3.84. The molecule has 1 fully saturated rings. The Morgan fingerprint density at radius 1 is 1.31 bits per heavy atom. The maximum absolute atomic E-state index is 13.9. The summed E-state index contributed by atoms with van der Waals surface area (Å²) in [5, 5.41) is -0.514. The summed E-state index contributed by atoms with van der Waals surface area (Å²) < 4.78 is 48.6. The van der Waals surface area contributed by atoms with Crippen molar-refractivity contribution in [2.24, 2.45) is 0 Å². The van der Waals surface area contributed by atoms with Crippen LogP contribution in [0.4, 0.5) is 13.2 Å². The van der Waals surface area contributed by atoms with E-state index in [1.807, 2.05) is 6.92 Å². The van der Waals surface area contributed by atoms with Crippen molar-refractivity contribution in [2.45, 2.75) is 38.6 Å². The molecular formula is C20H18F3N3O2S. The van der Waals surface area contributed by atoms with E-state index in [1.54, 1.807) is 24.3 Å². The summed E-state index contributed by atoms with van der Waals surface area (Å²) in [6, 6.07) is 7.92. The molecule has 152 valence electrons. The first-order chi connectivity index (χ1) is 13.7. The smallest absolute Gasteiger partial charge is 0.376 e. The van der Waals surface area contributed by atoms with Crippen LogP contribution in [0.1, 0.15) is 24.0 Å². The van der Waals surface area contributed by atoms with Crippen LogP contribution in [0.3, 0.4) is 0 Å². The van der Waals surface area contributed by atoms with E-state index in [0.29, 0.717) is 12.2 Å². The standard InChI is InChI=1S/C20H18F3N3O2S/c1-11-4-6-12(7-5-11)15-9-14(20(21,22)23)16-17(24-15)26(19(29)25-18(16)27)10-13-3-2-8-28-13/h4-7,9,13H,2-3,8,10H2,1H3,(H,25,27,29)/t13-/m0/s1. The molecule has 1 aliphatic heterocycles. The van der Waals surface area contributed by atoms with Crippen molar-refractivity contribution in [1.29, 1.82) is 0 Å². The summed E-state index contributed by atoms with van der Waals surface area (Å²) in [5.41, 5.74) is -0.383. The van der Waals surface area contributed by atoms with Crippen LogP contribution in [0, 0.1) is 11.7 Å². The number of nitrogens with zero attached hydrogens (tertiary/aromatic N) is 2. The minimum atomic E-state index is -4.72. The Kier molecular flexibility index (Phi) is 5.04. The van der Waals surface area contributed by atoms with E-state index >= 15 is 0 Å². The van der Waals surface area contributed by atoms with Crippen molar-refractivity contribution in [3.05, 3.63) is 56.6 Å². The molecule has 3 heterocycles. The summed E-state index contributed by atoms with van der Waals surface area (Å²) in [6.45, 7) is 2.71. The van der Waals surface area contributed by atoms with Crippen LogP contribution in [-0.2, 0) is 17.5 Å². The fourth-order valence-electron chi connectivity index (χ4n) is 3.53. The first-order valence-corrected chi connectivity index (χ1v) is 9.58. The van der Waals surface area contributed by atoms with Crippen molar-refractivity contribution in [3.63, 3.8) is 0 Å². The zero-order chi connectivity index (χ0) is 20.8. The first-order valence-electron chi connectivity index (χ1n) is 9.18. The molecule has 0 radical (unpaired) electrons. The Morgan fingerprint density at radius 2 is 2.03 bits per heavy atom. The highest BCUT2D eigenvalue weighted by Gasteiger charge is 2.35. The number of aryl methyl sites for hydroxylation is 1. The highest BCUT2D eigenvalue weighted by Crippen LogP contribution is 2.35. The van der Waals surface area contributed by atoms with Gasteiger partial charge in [-0.2, -0.15) is 13.2 Å². The summed E-state index contributed by atoms with van der Waals surface area (Å²) >= 11 is 5.25. The van der Waals surface area contributed by atoms with Crippen molar-refractivity contribution in [1.82, 2.24) is 14.5 Å². The Hall–Kier alpha value is -2.52. The van der Waals surface area contributed by atoms with E-state index < -0.39 is 22.7 Å². The fraction of sp³-hybridized carbons (Fsp3) is 0.350. The van der Waals surface area contributed by atoms with Gasteiger partial charge in [0, 0.05) is 12.2 Å². The Labute approximate surface area is 169 Å². The lowest BCUT2D eigenvalue weighted by Crippen LogP contribution is -2.24. The highest BCUT2D eigenvalue weighted by atomic mass is 32.1. The molecule has 1 aromatic carbocycles. The SMILES string of the molecule is Cc1ccc(-c2cc(C(F)(F)F)c3c(=O)[nH]c(=S)n(C[C@@H]4CCCO4)c3n2)cc1. The highest BCUT2D eigenvalue weighted by molar-refractivity contribution is 7.71. The number of alkyl halides is 3. The second-order valence-electron chi connectivity index (χ2n) is 7.12. The largest absolute Gasteiger partial charge is 0.417 e. The van der Waals surface area contributed by atoms with Gasteiger partial charge in [0.2, 0.25) is 0 Å². The number of nitrogens with one attached hydrogen (secondary N) is 1. The van der Waals surface area contributed by atoms with Gasteiger partial charge >= 0.3 is 6.18 Å². The molecule has 1 saturated heterocycles. The normalized spacial score (nSPS) is 17.2. The molecule has 1 N–H and O–H groups in total. The molecule has 5 nitrogen and oxygen atoms in total. The zero-order valence-electron chi connectivity index (χ0n) is 15.5. The number of H-pyrrole nitrogens is 1. The quantitative estimate of drug-likeness (QED) is 0.627. The van der Waals surface area contributed by atoms with Gasteiger partial charge in [-0.05, 0) is 38.0 Å². The summed E-state index contributed by atoms with van der Waals surface area (Å²) in [7, 11) is 0. The van der Waals surface area contributed by atoms with E-state index in [9.17, 15) is 18.0 Å². The lowest BCUT2D eigenvalue weighted by Gasteiger charge is -2.18. The number of pyridine rings is 1. The number of aromatic amines is 1. The summed E-state index contributed by atoms with van der Waals surface area (Å²) in [6.07, 6.45) is -3.27. The molecule has 1 aliphatic rings. The molecule has 0 bridgehead atoms. The van der Waals surface area contributed by atoms with E-state index in [-0.39, 0.29) is 28.8 Å². The molecule has 2 aromatic heterocycles. The van der Waals surface area contributed by atoms with Gasteiger partial charge in [0.1, 0.15) is 5.65 Å². The van der Waals surface area contributed by atoms with Crippen LogP contribution in [0.5, 0.6) is 0 Å². The molecule has 0 amide bonds. The maximum Gasteiger partial charge on any atom is 0.417 e. The zero-order valence-corrected chi connectivity index (χ0v) is 16.4. The van der Waals surface area contributed by atoms with Crippen molar-refractivity contribution >= 4 is 23.3 Å². The van der Waals surface area contributed by atoms with Gasteiger partial charge < -0.3 is 4.74 Å². The summed E-state index contributed by atoms with van der Waals surface area (Å²) in [5.74, 6) is 0. The maximum atomic E-state index is 13.9. The van der Waals surface area contributed by atoms with Crippen molar-refractivity contribution in [3.8, 4) is 11.3 Å². The van der Waals surface area contributed by atoms with Crippen LogP contribution in [0.25, 0.3) is 22.3 Å². The second kappa shape index (κ2) is 7.38. The minimum Gasteiger partial charge on any atom is -0.376 e. The van der Waals surface area contributed by atoms with Crippen molar-refractivity contribution < 1.29 is 17.9 Å². The van der Waals surface area contributed by atoms with E-state index in [0.717, 1.165) is 24.5 Å². The number of hydrogen-bond donors (Lipinski definition) is 1. The topological polar surface area (TPSA) is 59.9 Å². The average molecular weight is 421 g/mol. The molecule has 9 heteroatoms. The van der Waals surface area contributed by atoms with Gasteiger partial charge in [-0.15, -0.1) is 0 Å². The molecule has 3 aromatic rings. The average Bonchev–Trinajstić information content (AvgIpc) is 3.17. The monoisotopic (exact) mass is 421 g/mol. The Balaban J connectivity index is 2.02. The lowest BCUT2D eigenvalue weighted by molar-refractivity contribution is -0.136. The van der Waals surface area contributed by atoms with E-state index in [2.05, 4.69) is 9.97 Å². The molecule has 4 rings (SSSR count). The Morgan fingerprint density at radius 3 is 2.66 bits per heavy atom. The van der Waals surface area contributed by atoms with Gasteiger partial charge in [0.15, 0.2) is 4.77 Å². The number of aromatic nitrogens is 3. The lowest BCUT2D eigenvalue weighted by atomic mass is 10.0. The number of benzene rings is 1. The molecule has 1 atom stereocenters.